The molecule has 1 aromatic heterocycles. The molecule has 0 radical (unpaired) electrons. The molecule has 6 heteroatoms. The predicted octanol–water partition coefficient (Wildman–Crippen LogP) is 2.94. The summed E-state index contributed by atoms with van der Waals surface area (Å²) in [5.74, 6) is -0.0297. The van der Waals surface area contributed by atoms with Crippen LogP contribution in [0.25, 0.3) is 0 Å². The molecule has 0 saturated carbocycles. The lowest BCUT2D eigenvalue weighted by Gasteiger charge is -2.24. The fourth-order valence-corrected chi connectivity index (χ4v) is 4.44. The number of anilines is 1. The minimum absolute atomic E-state index is 0.0152. The quantitative estimate of drug-likeness (QED) is 0.804. The van der Waals surface area contributed by atoms with E-state index in [2.05, 4.69) is 16.2 Å². The largest absolute Gasteiger partial charge is 0.321 e. The first-order valence-electron chi connectivity index (χ1n) is 8.26. The van der Waals surface area contributed by atoms with Gasteiger partial charge in [-0.2, -0.15) is 0 Å². The van der Waals surface area contributed by atoms with E-state index in [4.69, 9.17) is 0 Å². The molecule has 1 aliphatic heterocycles. The van der Waals surface area contributed by atoms with Gasteiger partial charge in [-0.1, -0.05) is 12.1 Å². The summed E-state index contributed by atoms with van der Waals surface area (Å²) in [5.41, 5.74) is 8.85. The number of rotatable bonds is 3. The smallest absolute Gasteiger partial charge is 0.265 e. The number of aryl methyl sites for hydroxylation is 2. The second kappa shape index (κ2) is 6.37. The van der Waals surface area contributed by atoms with Crippen LogP contribution in [0, 0.1) is 0 Å². The number of thiophene rings is 1. The van der Waals surface area contributed by atoms with Gasteiger partial charge >= 0.3 is 0 Å². The highest BCUT2D eigenvalue weighted by Gasteiger charge is 2.20. The van der Waals surface area contributed by atoms with E-state index in [1.165, 1.54) is 16.9 Å². The third-order valence-electron chi connectivity index (χ3n) is 4.56. The first-order valence-corrected chi connectivity index (χ1v) is 9.08. The van der Waals surface area contributed by atoms with E-state index in [9.17, 15) is 9.59 Å². The molecule has 3 N–H and O–H groups in total. The Balaban J connectivity index is 1.47. The van der Waals surface area contributed by atoms with Crippen LogP contribution in [0.3, 0.4) is 0 Å². The maximum absolute atomic E-state index is 12.5. The maximum Gasteiger partial charge on any atom is 0.265 e. The predicted molar refractivity (Wildman–Crippen MR) is 94.0 cm³/mol. The number of carbonyl (C=O) groups excluding carboxylic acids is 2. The van der Waals surface area contributed by atoms with Gasteiger partial charge in [0.15, 0.2) is 0 Å². The van der Waals surface area contributed by atoms with Gasteiger partial charge in [-0.3, -0.25) is 15.0 Å². The Labute approximate surface area is 144 Å². The second-order valence-electron chi connectivity index (χ2n) is 6.28. The molecule has 5 nitrogen and oxygen atoms in total. The molecule has 2 aliphatic rings. The summed E-state index contributed by atoms with van der Waals surface area (Å²) in [6.45, 7) is 0. The third kappa shape index (κ3) is 3.07. The fraction of sp³-hybridized carbons (Fsp3) is 0.333. The molecule has 1 atom stereocenters. The van der Waals surface area contributed by atoms with Crippen molar-refractivity contribution < 1.29 is 9.59 Å². The topological polar surface area (TPSA) is 70.2 Å². The number of hydrogen-bond acceptors (Lipinski definition) is 4. The van der Waals surface area contributed by atoms with Crippen molar-refractivity contribution in [2.75, 3.05) is 5.32 Å². The summed E-state index contributed by atoms with van der Waals surface area (Å²) in [6, 6.07) is 9.90. The Morgan fingerprint density at radius 1 is 1.21 bits per heavy atom. The Morgan fingerprint density at radius 2 is 2.12 bits per heavy atom. The SMILES string of the molecule is O=C1CCC(c2cccc(NC(=O)c3cc4c(s3)CCC4)c2)NN1. The summed E-state index contributed by atoms with van der Waals surface area (Å²) in [7, 11) is 0. The molecule has 1 unspecified atom stereocenters. The first kappa shape index (κ1) is 15.4. The van der Waals surface area contributed by atoms with Crippen molar-refractivity contribution in [2.45, 2.75) is 38.1 Å². The van der Waals surface area contributed by atoms with E-state index in [0.29, 0.717) is 6.42 Å². The van der Waals surface area contributed by atoms with Crippen molar-refractivity contribution in [2.24, 2.45) is 0 Å². The van der Waals surface area contributed by atoms with Gasteiger partial charge in [-0.05, 0) is 55.0 Å². The van der Waals surface area contributed by atoms with E-state index in [0.717, 1.165) is 35.4 Å². The maximum atomic E-state index is 12.5. The van der Waals surface area contributed by atoms with Crippen LogP contribution in [-0.4, -0.2) is 11.8 Å². The minimum Gasteiger partial charge on any atom is -0.321 e. The summed E-state index contributed by atoms with van der Waals surface area (Å²) in [5, 5.41) is 2.99. The van der Waals surface area contributed by atoms with E-state index in [-0.39, 0.29) is 17.9 Å². The van der Waals surface area contributed by atoms with Crippen molar-refractivity contribution in [1.29, 1.82) is 0 Å². The van der Waals surface area contributed by atoms with Crippen molar-refractivity contribution in [1.82, 2.24) is 10.9 Å². The zero-order chi connectivity index (χ0) is 16.5. The highest BCUT2D eigenvalue weighted by molar-refractivity contribution is 7.14. The van der Waals surface area contributed by atoms with Crippen molar-refractivity contribution in [3.63, 3.8) is 0 Å². The zero-order valence-electron chi connectivity index (χ0n) is 13.2. The number of carbonyl (C=O) groups is 2. The molecule has 1 aliphatic carbocycles. The zero-order valence-corrected chi connectivity index (χ0v) is 14.0. The van der Waals surface area contributed by atoms with Gasteiger partial charge in [0.1, 0.15) is 0 Å². The standard InChI is InChI=1S/C18H19N3O2S/c22-17-8-7-14(20-21-17)11-3-1-5-13(9-11)19-18(23)16-10-12-4-2-6-15(12)24-16/h1,3,5,9-10,14,20H,2,4,6-8H2,(H,19,23)(H,21,22). The number of benzene rings is 1. The van der Waals surface area contributed by atoms with Gasteiger partial charge in [0, 0.05) is 17.0 Å². The lowest BCUT2D eigenvalue weighted by Crippen LogP contribution is -2.44. The molecule has 2 amide bonds. The first-order chi connectivity index (χ1) is 11.7. The molecule has 4 rings (SSSR count). The summed E-state index contributed by atoms with van der Waals surface area (Å²) in [4.78, 5) is 25.9. The molecule has 24 heavy (non-hydrogen) atoms. The van der Waals surface area contributed by atoms with E-state index in [1.807, 2.05) is 30.3 Å². The van der Waals surface area contributed by atoms with Crippen LogP contribution in [0.1, 0.15) is 51.0 Å². The van der Waals surface area contributed by atoms with Crippen LogP contribution in [0.2, 0.25) is 0 Å². The normalized spacial score (nSPS) is 19.7. The van der Waals surface area contributed by atoms with Gasteiger partial charge in [0.05, 0.1) is 10.9 Å². The van der Waals surface area contributed by atoms with Crippen LogP contribution in [0.5, 0.6) is 0 Å². The van der Waals surface area contributed by atoms with Crippen molar-refractivity contribution in [3.8, 4) is 0 Å². The molecule has 124 valence electrons. The van der Waals surface area contributed by atoms with Crippen LogP contribution in [-0.2, 0) is 17.6 Å². The van der Waals surface area contributed by atoms with Gasteiger partial charge in [0.2, 0.25) is 5.91 Å². The summed E-state index contributed by atoms with van der Waals surface area (Å²) in [6.07, 6.45) is 4.65. The van der Waals surface area contributed by atoms with E-state index in [1.54, 1.807) is 11.3 Å². The molecule has 2 heterocycles. The fourth-order valence-electron chi connectivity index (χ4n) is 3.29. The van der Waals surface area contributed by atoms with Gasteiger partial charge in [-0.25, -0.2) is 5.43 Å². The average molecular weight is 341 g/mol. The monoisotopic (exact) mass is 341 g/mol. The third-order valence-corrected chi connectivity index (χ3v) is 5.80. The Kier molecular flexibility index (Phi) is 4.08. The molecule has 0 bridgehead atoms. The summed E-state index contributed by atoms with van der Waals surface area (Å²) >= 11 is 1.61. The van der Waals surface area contributed by atoms with Gasteiger partial charge in [0.25, 0.3) is 5.91 Å². The van der Waals surface area contributed by atoms with Crippen molar-refractivity contribution >= 4 is 28.8 Å². The molecular formula is C18H19N3O2S. The molecule has 1 fully saturated rings. The van der Waals surface area contributed by atoms with Crippen LogP contribution >= 0.6 is 11.3 Å². The minimum atomic E-state index is -0.0449. The second-order valence-corrected chi connectivity index (χ2v) is 7.41. The number of hydrogen-bond donors (Lipinski definition) is 3. The van der Waals surface area contributed by atoms with Gasteiger partial charge < -0.3 is 5.32 Å². The summed E-state index contributed by atoms with van der Waals surface area (Å²) < 4.78 is 0. The number of nitrogens with one attached hydrogen (secondary N) is 3. The number of hydrazine groups is 1. The van der Waals surface area contributed by atoms with Crippen LogP contribution in [0.4, 0.5) is 5.69 Å². The Bertz CT molecular complexity index is 768. The Hall–Kier alpha value is -2.18. The molecule has 0 spiro atoms. The van der Waals surface area contributed by atoms with E-state index >= 15 is 0 Å². The molecular weight excluding hydrogens is 322 g/mol. The lowest BCUT2D eigenvalue weighted by atomic mass is 10.0. The van der Waals surface area contributed by atoms with Gasteiger partial charge in [-0.15, -0.1) is 11.3 Å². The highest BCUT2D eigenvalue weighted by Crippen LogP contribution is 2.31. The number of amides is 2. The van der Waals surface area contributed by atoms with E-state index < -0.39 is 0 Å². The molecule has 1 aromatic carbocycles. The average Bonchev–Trinajstić information content (AvgIpc) is 3.17. The highest BCUT2D eigenvalue weighted by atomic mass is 32.1. The number of fused-ring (bicyclic) bond motifs is 1. The molecule has 1 saturated heterocycles. The van der Waals surface area contributed by atoms with Crippen LogP contribution in [0.15, 0.2) is 30.3 Å². The van der Waals surface area contributed by atoms with Crippen molar-refractivity contribution in [3.05, 3.63) is 51.2 Å². The molecule has 2 aromatic rings. The lowest BCUT2D eigenvalue weighted by molar-refractivity contribution is -0.124. The Morgan fingerprint density at radius 3 is 2.92 bits per heavy atom. The van der Waals surface area contributed by atoms with Crippen LogP contribution < -0.4 is 16.2 Å².